The Morgan fingerprint density at radius 3 is 2.59 bits per heavy atom. The number of ether oxygens (including phenoxy) is 2. The fourth-order valence-corrected chi connectivity index (χ4v) is 3.37. The molecule has 0 amide bonds. The summed E-state index contributed by atoms with van der Waals surface area (Å²) in [6, 6.07) is 4.06. The average Bonchev–Trinajstić information content (AvgIpc) is 2.76. The van der Waals surface area contributed by atoms with Crippen LogP contribution < -0.4 is 14.8 Å². The van der Waals surface area contributed by atoms with E-state index < -0.39 is 0 Å². The van der Waals surface area contributed by atoms with Gasteiger partial charge in [-0.05, 0) is 53.9 Å². The molecular weight excluding hydrogens is 282 g/mol. The van der Waals surface area contributed by atoms with Crippen molar-refractivity contribution >= 4 is 15.9 Å². The number of nitrogens with one attached hydrogen (secondary N) is 1. The molecule has 0 bridgehead atoms. The van der Waals surface area contributed by atoms with E-state index >= 15 is 0 Å². The van der Waals surface area contributed by atoms with Crippen LogP contribution in [0.25, 0.3) is 0 Å². The van der Waals surface area contributed by atoms with Crippen molar-refractivity contribution in [1.29, 1.82) is 0 Å². The third kappa shape index (κ3) is 2.16. The van der Waals surface area contributed by atoms with Gasteiger partial charge in [0.2, 0.25) is 0 Å². The maximum absolute atomic E-state index is 5.41. The minimum atomic E-state index is 0.0262. The Morgan fingerprint density at radius 2 is 2.06 bits per heavy atom. The fraction of sp³-hybridized carbons (Fsp3) is 0.538. The molecule has 94 valence electrons. The highest BCUT2D eigenvalue weighted by molar-refractivity contribution is 9.10. The van der Waals surface area contributed by atoms with Gasteiger partial charge in [-0.2, -0.15) is 0 Å². The molecule has 1 unspecified atom stereocenters. The van der Waals surface area contributed by atoms with Gasteiger partial charge in [0.15, 0.2) is 11.5 Å². The highest BCUT2D eigenvalue weighted by Gasteiger charge is 2.33. The van der Waals surface area contributed by atoms with E-state index in [9.17, 15) is 0 Å². The summed E-state index contributed by atoms with van der Waals surface area (Å²) < 4.78 is 11.7. The lowest BCUT2D eigenvalue weighted by molar-refractivity contribution is 0.349. The molecule has 1 N–H and O–H groups in total. The van der Waals surface area contributed by atoms with Crippen LogP contribution in [0.5, 0.6) is 11.5 Å². The second kappa shape index (κ2) is 4.86. The maximum Gasteiger partial charge on any atom is 0.175 e. The highest BCUT2D eigenvalue weighted by Crippen LogP contribution is 2.43. The van der Waals surface area contributed by atoms with Gasteiger partial charge in [0.1, 0.15) is 0 Å². The lowest BCUT2D eigenvalue weighted by Gasteiger charge is -2.27. The predicted molar refractivity (Wildman–Crippen MR) is 71.8 cm³/mol. The van der Waals surface area contributed by atoms with E-state index in [0.717, 1.165) is 28.9 Å². The SMILES string of the molecule is COc1ccc(C2(C)CCCN2)c(Br)c1OC. The van der Waals surface area contributed by atoms with Crippen LogP contribution in [-0.4, -0.2) is 20.8 Å². The molecule has 1 aromatic carbocycles. The standard InChI is InChI=1S/C13H18BrNO2/c1-13(7-4-8-15-13)9-5-6-10(16-2)12(17-3)11(9)14/h5-6,15H,4,7-8H2,1-3H3. The summed E-state index contributed by atoms with van der Waals surface area (Å²) in [7, 11) is 3.32. The Labute approximate surface area is 111 Å². The smallest absolute Gasteiger partial charge is 0.175 e. The van der Waals surface area contributed by atoms with Crippen molar-refractivity contribution in [3.63, 3.8) is 0 Å². The number of rotatable bonds is 3. The van der Waals surface area contributed by atoms with Gasteiger partial charge in [-0.15, -0.1) is 0 Å². The second-order valence-electron chi connectivity index (χ2n) is 4.53. The third-order valence-corrected chi connectivity index (χ3v) is 4.24. The normalized spacial score (nSPS) is 23.8. The molecule has 17 heavy (non-hydrogen) atoms. The van der Waals surface area contributed by atoms with Crippen molar-refractivity contribution in [2.75, 3.05) is 20.8 Å². The summed E-state index contributed by atoms with van der Waals surface area (Å²) in [5, 5.41) is 3.55. The first-order valence-corrected chi connectivity index (χ1v) is 6.57. The van der Waals surface area contributed by atoms with Crippen LogP contribution in [0, 0.1) is 0 Å². The summed E-state index contributed by atoms with van der Waals surface area (Å²) >= 11 is 3.63. The van der Waals surface area contributed by atoms with E-state index in [1.165, 1.54) is 12.0 Å². The van der Waals surface area contributed by atoms with E-state index in [2.05, 4.69) is 34.2 Å². The molecule has 0 saturated carbocycles. The van der Waals surface area contributed by atoms with Crippen molar-refractivity contribution in [1.82, 2.24) is 5.32 Å². The van der Waals surface area contributed by atoms with Crippen molar-refractivity contribution < 1.29 is 9.47 Å². The van der Waals surface area contributed by atoms with Crippen LogP contribution in [0.1, 0.15) is 25.3 Å². The van der Waals surface area contributed by atoms with Crippen molar-refractivity contribution in [3.8, 4) is 11.5 Å². The van der Waals surface area contributed by atoms with Crippen LogP contribution in [0.2, 0.25) is 0 Å². The van der Waals surface area contributed by atoms with Crippen molar-refractivity contribution in [2.45, 2.75) is 25.3 Å². The first-order chi connectivity index (χ1) is 8.12. The summed E-state index contributed by atoms with van der Waals surface area (Å²) in [6.07, 6.45) is 2.35. The Balaban J connectivity index is 2.49. The minimum absolute atomic E-state index is 0.0262. The van der Waals surface area contributed by atoms with Gasteiger partial charge in [-0.25, -0.2) is 0 Å². The molecule has 2 rings (SSSR count). The highest BCUT2D eigenvalue weighted by atomic mass is 79.9. The van der Waals surface area contributed by atoms with Crippen molar-refractivity contribution in [3.05, 3.63) is 22.2 Å². The Bertz CT molecular complexity index is 414. The molecule has 1 aromatic rings. The second-order valence-corrected chi connectivity index (χ2v) is 5.32. The lowest BCUT2D eigenvalue weighted by Crippen LogP contribution is -2.33. The molecule has 0 radical (unpaired) electrons. The quantitative estimate of drug-likeness (QED) is 0.930. The van der Waals surface area contributed by atoms with Crippen LogP contribution in [-0.2, 0) is 5.54 Å². The molecule has 0 aromatic heterocycles. The lowest BCUT2D eigenvalue weighted by atomic mass is 9.90. The molecule has 1 atom stereocenters. The van der Waals surface area contributed by atoms with Crippen LogP contribution >= 0.6 is 15.9 Å². The molecule has 0 aliphatic carbocycles. The van der Waals surface area contributed by atoms with E-state index in [4.69, 9.17) is 9.47 Å². The van der Waals surface area contributed by atoms with Crippen LogP contribution in [0.15, 0.2) is 16.6 Å². The first kappa shape index (κ1) is 12.7. The number of hydrogen-bond acceptors (Lipinski definition) is 3. The van der Waals surface area contributed by atoms with Gasteiger partial charge >= 0.3 is 0 Å². The van der Waals surface area contributed by atoms with Crippen molar-refractivity contribution in [2.24, 2.45) is 0 Å². The average molecular weight is 300 g/mol. The van der Waals surface area contributed by atoms with Gasteiger partial charge < -0.3 is 14.8 Å². The predicted octanol–water partition coefficient (Wildman–Crippen LogP) is 3.06. The Hall–Kier alpha value is -0.740. The van der Waals surface area contributed by atoms with Gasteiger partial charge in [0.25, 0.3) is 0 Å². The summed E-state index contributed by atoms with van der Waals surface area (Å²) in [5.74, 6) is 1.52. The summed E-state index contributed by atoms with van der Waals surface area (Å²) in [4.78, 5) is 0. The van der Waals surface area contributed by atoms with E-state index in [1.807, 2.05) is 6.07 Å². The molecule has 1 aliphatic rings. The molecule has 1 saturated heterocycles. The number of benzene rings is 1. The molecule has 3 nitrogen and oxygen atoms in total. The zero-order chi connectivity index (χ0) is 12.5. The monoisotopic (exact) mass is 299 g/mol. The van der Waals surface area contributed by atoms with Crippen LogP contribution in [0.4, 0.5) is 0 Å². The molecule has 1 fully saturated rings. The van der Waals surface area contributed by atoms with E-state index in [-0.39, 0.29) is 5.54 Å². The number of hydrogen-bond donors (Lipinski definition) is 1. The van der Waals surface area contributed by atoms with Crippen LogP contribution in [0.3, 0.4) is 0 Å². The fourth-order valence-electron chi connectivity index (χ4n) is 2.44. The third-order valence-electron chi connectivity index (χ3n) is 3.45. The summed E-state index contributed by atoms with van der Waals surface area (Å²) in [6.45, 7) is 3.29. The maximum atomic E-state index is 5.41. The first-order valence-electron chi connectivity index (χ1n) is 5.78. The van der Waals surface area contributed by atoms with Gasteiger partial charge in [-0.1, -0.05) is 6.07 Å². The summed E-state index contributed by atoms with van der Waals surface area (Å²) in [5.41, 5.74) is 1.26. The molecule has 1 heterocycles. The number of halogens is 1. The molecule has 0 spiro atoms. The Morgan fingerprint density at radius 1 is 1.29 bits per heavy atom. The van der Waals surface area contributed by atoms with Gasteiger partial charge in [0.05, 0.1) is 18.7 Å². The molecule has 4 heteroatoms. The molecule has 1 aliphatic heterocycles. The largest absolute Gasteiger partial charge is 0.493 e. The Kier molecular flexibility index (Phi) is 3.64. The zero-order valence-electron chi connectivity index (χ0n) is 10.5. The minimum Gasteiger partial charge on any atom is -0.493 e. The zero-order valence-corrected chi connectivity index (χ0v) is 12.1. The topological polar surface area (TPSA) is 30.5 Å². The van der Waals surface area contributed by atoms with Gasteiger partial charge in [0, 0.05) is 5.54 Å². The van der Waals surface area contributed by atoms with E-state index in [0.29, 0.717) is 0 Å². The van der Waals surface area contributed by atoms with E-state index in [1.54, 1.807) is 14.2 Å². The number of methoxy groups -OCH3 is 2. The molecular formula is C13H18BrNO2. The van der Waals surface area contributed by atoms with Gasteiger partial charge in [-0.3, -0.25) is 0 Å².